The molecule has 8 heteroatoms. The monoisotopic (exact) mass is 421 g/mol. The number of hydrogen-bond donors (Lipinski definition) is 5. The normalized spacial score (nSPS) is 16.9. The van der Waals surface area contributed by atoms with Crippen LogP contribution < -0.4 is 16.3 Å². The van der Waals surface area contributed by atoms with Crippen molar-refractivity contribution in [2.45, 2.75) is 65.0 Å². The van der Waals surface area contributed by atoms with Crippen LogP contribution in [0.1, 0.15) is 50.3 Å². The molecular formula is C22H35N3O5. The van der Waals surface area contributed by atoms with Gasteiger partial charge in [-0.2, -0.15) is 0 Å². The summed E-state index contributed by atoms with van der Waals surface area (Å²) in [6, 6.07) is 5.43. The molecule has 3 atom stereocenters. The van der Waals surface area contributed by atoms with E-state index in [2.05, 4.69) is 22.8 Å². The van der Waals surface area contributed by atoms with Crippen molar-refractivity contribution >= 4 is 11.8 Å². The molecule has 0 radical (unpaired) electrons. The second-order valence-electron chi connectivity index (χ2n) is 9.01. The van der Waals surface area contributed by atoms with Gasteiger partial charge < -0.3 is 15.7 Å². The van der Waals surface area contributed by atoms with E-state index in [4.69, 9.17) is 10.0 Å². The molecule has 1 aliphatic carbocycles. The predicted octanol–water partition coefficient (Wildman–Crippen LogP) is 1.27. The standard InChI is InChI=1S/C22H35N3O5/c1-22(2,3)19(21(28)23-4)24-20(27)17(18(26)13-30-25-29)12-14-9-10-15-7-5-6-8-16(15)11-14/h9-11,17-19,25-26,29H,5-8,12-13H2,1-4H3,(H,23,28)(H,24,27)/t17-,18?,19-/m1/s1. The van der Waals surface area contributed by atoms with Gasteiger partial charge in [-0.3, -0.25) is 19.6 Å². The van der Waals surface area contributed by atoms with Crippen molar-refractivity contribution in [2.24, 2.45) is 11.3 Å². The van der Waals surface area contributed by atoms with Gasteiger partial charge in [-0.05, 0) is 54.2 Å². The molecule has 1 aromatic carbocycles. The van der Waals surface area contributed by atoms with Gasteiger partial charge in [0.1, 0.15) is 6.04 Å². The van der Waals surface area contributed by atoms with Crippen LogP contribution in [0.3, 0.4) is 0 Å². The molecule has 168 valence electrons. The Bertz CT molecular complexity index is 732. The van der Waals surface area contributed by atoms with Crippen LogP contribution in [0.2, 0.25) is 0 Å². The van der Waals surface area contributed by atoms with E-state index in [9.17, 15) is 14.7 Å². The lowest BCUT2D eigenvalue weighted by Crippen LogP contribution is -2.55. The number of fused-ring (bicyclic) bond motifs is 1. The molecule has 8 nitrogen and oxygen atoms in total. The minimum atomic E-state index is -1.18. The lowest BCUT2D eigenvalue weighted by Gasteiger charge is -2.32. The summed E-state index contributed by atoms with van der Waals surface area (Å²) in [6.45, 7) is 5.31. The Morgan fingerprint density at radius 2 is 1.80 bits per heavy atom. The number of benzene rings is 1. The molecule has 0 aliphatic heterocycles. The highest BCUT2D eigenvalue weighted by atomic mass is 16.8. The smallest absolute Gasteiger partial charge is 0.242 e. The van der Waals surface area contributed by atoms with Gasteiger partial charge >= 0.3 is 0 Å². The molecule has 1 unspecified atom stereocenters. The summed E-state index contributed by atoms with van der Waals surface area (Å²) in [5, 5.41) is 24.6. The maximum atomic E-state index is 13.1. The molecule has 0 bridgehead atoms. The van der Waals surface area contributed by atoms with Crippen LogP contribution in [0.4, 0.5) is 0 Å². The zero-order valence-electron chi connectivity index (χ0n) is 18.3. The first-order chi connectivity index (χ1) is 14.2. The Labute approximate surface area is 178 Å². The molecule has 30 heavy (non-hydrogen) atoms. The Balaban J connectivity index is 2.23. The number of aliphatic hydroxyl groups excluding tert-OH is 1. The highest BCUT2D eigenvalue weighted by molar-refractivity contribution is 5.89. The van der Waals surface area contributed by atoms with Crippen molar-refractivity contribution < 1.29 is 24.7 Å². The first-order valence-corrected chi connectivity index (χ1v) is 10.5. The number of carbonyl (C=O) groups excluding carboxylic acids is 2. The second-order valence-corrected chi connectivity index (χ2v) is 9.01. The lowest BCUT2D eigenvalue weighted by atomic mass is 9.84. The van der Waals surface area contributed by atoms with Crippen LogP contribution >= 0.6 is 0 Å². The van der Waals surface area contributed by atoms with E-state index in [0.717, 1.165) is 24.8 Å². The van der Waals surface area contributed by atoms with Crippen molar-refractivity contribution in [1.29, 1.82) is 0 Å². The van der Waals surface area contributed by atoms with Crippen molar-refractivity contribution in [3.8, 4) is 0 Å². The third kappa shape index (κ3) is 6.50. The number of aliphatic hydroxyl groups is 1. The fourth-order valence-corrected chi connectivity index (χ4v) is 3.88. The Morgan fingerprint density at radius 1 is 1.13 bits per heavy atom. The number of aryl methyl sites for hydroxylation is 2. The van der Waals surface area contributed by atoms with E-state index >= 15 is 0 Å². The Morgan fingerprint density at radius 3 is 2.40 bits per heavy atom. The fourth-order valence-electron chi connectivity index (χ4n) is 3.88. The average Bonchev–Trinajstić information content (AvgIpc) is 2.72. The maximum Gasteiger partial charge on any atom is 0.242 e. The van der Waals surface area contributed by atoms with E-state index in [1.807, 2.05) is 26.8 Å². The molecule has 0 saturated heterocycles. The van der Waals surface area contributed by atoms with Crippen LogP contribution in [0.15, 0.2) is 18.2 Å². The molecule has 5 N–H and O–H groups in total. The van der Waals surface area contributed by atoms with E-state index in [-0.39, 0.29) is 12.5 Å². The zero-order valence-corrected chi connectivity index (χ0v) is 18.3. The van der Waals surface area contributed by atoms with E-state index in [1.54, 1.807) is 0 Å². The zero-order chi connectivity index (χ0) is 22.3. The van der Waals surface area contributed by atoms with Gasteiger partial charge in [-0.15, -0.1) is 0 Å². The van der Waals surface area contributed by atoms with E-state index in [1.165, 1.54) is 30.2 Å². The first-order valence-electron chi connectivity index (χ1n) is 10.5. The summed E-state index contributed by atoms with van der Waals surface area (Å²) in [5.74, 6) is -1.59. The van der Waals surface area contributed by atoms with Crippen molar-refractivity contribution in [1.82, 2.24) is 16.3 Å². The minimum absolute atomic E-state index is 0.278. The van der Waals surface area contributed by atoms with Crippen molar-refractivity contribution in [3.63, 3.8) is 0 Å². The number of rotatable bonds is 9. The molecule has 0 aromatic heterocycles. The van der Waals surface area contributed by atoms with Gasteiger partial charge in [0.25, 0.3) is 0 Å². The molecular weight excluding hydrogens is 386 g/mol. The fraction of sp³-hybridized carbons (Fsp3) is 0.636. The highest BCUT2D eigenvalue weighted by Gasteiger charge is 2.36. The second kappa shape index (κ2) is 10.9. The SMILES string of the molecule is CNC(=O)[C@@H](NC(=O)[C@H](Cc1ccc2c(c1)CCCC2)C(O)CONO)C(C)(C)C. The van der Waals surface area contributed by atoms with Gasteiger partial charge in [0, 0.05) is 7.05 Å². The molecule has 2 amide bonds. The highest BCUT2D eigenvalue weighted by Crippen LogP contribution is 2.25. The van der Waals surface area contributed by atoms with Crippen molar-refractivity contribution in [2.75, 3.05) is 13.7 Å². The summed E-state index contributed by atoms with van der Waals surface area (Å²) in [6.07, 6.45) is 3.54. The average molecular weight is 422 g/mol. The summed E-state index contributed by atoms with van der Waals surface area (Å²) >= 11 is 0. The third-order valence-corrected chi connectivity index (χ3v) is 5.65. The minimum Gasteiger partial charge on any atom is -0.390 e. The van der Waals surface area contributed by atoms with E-state index < -0.39 is 29.4 Å². The largest absolute Gasteiger partial charge is 0.390 e. The topological polar surface area (TPSA) is 120 Å². The molecule has 1 aliphatic rings. The molecule has 0 heterocycles. The molecule has 2 rings (SSSR count). The van der Waals surface area contributed by atoms with Crippen LogP contribution in [0.25, 0.3) is 0 Å². The summed E-state index contributed by atoms with van der Waals surface area (Å²) < 4.78 is 0. The Kier molecular flexibility index (Phi) is 8.78. The number of amides is 2. The van der Waals surface area contributed by atoms with Gasteiger partial charge in [0.05, 0.1) is 18.6 Å². The van der Waals surface area contributed by atoms with Gasteiger partial charge in [0.15, 0.2) is 0 Å². The summed E-state index contributed by atoms with van der Waals surface area (Å²) in [7, 11) is 1.52. The molecule has 0 fully saturated rings. The van der Waals surface area contributed by atoms with Gasteiger partial charge in [-0.25, -0.2) is 0 Å². The molecule has 0 saturated carbocycles. The van der Waals surface area contributed by atoms with Gasteiger partial charge in [-0.1, -0.05) is 44.6 Å². The Hall–Kier alpha value is -2.00. The maximum absolute atomic E-state index is 13.1. The van der Waals surface area contributed by atoms with Crippen LogP contribution in [-0.2, 0) is 33.7 Å². The lowest BCUT2D eigenvalue weighted by molar-refractivity contribution is -0.158. The van der Waals surface area contributed by atoms with Crippen LogP contribution in [0.5, 0.6) is 0 Å². The van der Waals surface area contributed by atoms with Crippen molar-refractivity contribution in [3.05, 3.63) is 34.9 Å². The van der Waals surface area contributed by atoms with Crippen LogP contribution in [-0.4, -0.2) is 47.9 Å². The first kappa shape index (κ1) is 24.3. The predicted molar refractivity (Wildman–Crippen MR) is 113 cm³/mol. The quantitative estimate of drug-likeness (QED) is 0.383. The summed E-state index contributed by atoms with van der Waals surface area (Å²) in [4.78, 5) is 30.1. The van der Waals surface area contributed by atoms with Gasteiger partial charge in [0.2, 0.25) is 11.8 Å². The van der Waals surface area contributed by atoms with E-state index in [0.29, 0.717) is 6.42 Å². The molecule has 1 aromatic rings. The number of nitrogens with one attached hydrogen (secondary N) is 3. The summed E-state index contributed by atoms with van der Waals surface area (Å²) in [5.41, 5.74) is 4.59. The number of likely N-dealkylation sites (N-methyl/N-ethyl adjacent to an activating group) is 1. The molecule has 0 spiro atoms. The number of hydrogen-bond acceptors (Lipinski definition) is 6. The third-order valence-electron chi connectivity index (χ3n) is 5.65. The number of carbonyl (C=O) groups is 2. The van der Waals surface area contributed by atoms with Crippen LogP contribution in [0, 0.1) is 11.3 Å².